The Labute approximate surface area is 137 Å². The van der Waals surface area contributed by atoms with E-state index < -0.39 is 0 Å². The molecular formula is C20H24O3. The number of Topliss-reactive ketones (excluding diaryl/α,β-unsaturated/α-hetero) is 2. The SMILES string of the molecule is C=CCCCCCCCCC(=O)C1=C(O)c2ccccc2C1=O. The summed E-state index contributed by atoms with van der Waals surface area (Å²) in [4.78, 5) is 24.5. The number of ketones is 2. The van der Waals surface area contributed by atoms with Gasteiger partial charge in [-0.15, -0.1) is 6.58 Å². The minimum absolute atomic E-state index is 0.0304. The summed E-state index contributed by atoms with van der Waals surface area (Å²) in [5, 5.41) is 10.1. The highest BCUT2D eigenvalue weighted by Crippen LogP contribution is 2.32. The van der Waals surface area contributed by atoms with E-state index in [1.165, 1.54) is 19.3 Å². The van der Waals surface area contributed by atoms with Crippen molar-refractivity contribution in [2.75, 3.05) is 0 Å². The Morgan fingerprint density at radius 3 is 2.26 bits per heavy atom. The lowest BCUT2D eigenvalue weighted by Crippen LogP contribution is -2.10. The van der Waals surface area contributed by atoms with Crippen molar-refractivity contribution in [3.63, 3.8) is 0 Å². The molecule has 0 radical (unpaired) electrons. The molecule has 0 fully saturated rings. The molecule has 0 amide bonds. The fourth-order valence-corrected chi connectivity index (χ4v) is 2.93. The highest BCUT2D eigenvalue weighted by molar-refractivity contribution is 6.34. The number of aliphatic hydroxyl groups excluding tert-OH is 1. The zero-order valence-electron chi connectivity index (χ0n) is 13.5. The van der Waals surface area contributed by atoms with E-state index in [9.17, 15) is 14.7 Å². The number of hydrogen-bond acceptors (Lipinski definition) is 3. The molecule has 0 aromatic heterocycles. The van der Waals surface area contributed by atoms with Crippen molar-refractivity contribution in [3.8, 4) is 0 Å². The first kappa shape index (κ1) is 17.2. The van der Waals surface area contributed by atoms with E-state index in [0.29, 0.717) is 17.5 Å². The predicted molar refractivity (Wildman–Crippen MR) is 92.5 cm³/mol. The van der Waals surface area contributed by atoms with Crippen LogP contribution in [-0.2, 0) is 4.79 Å². The van der Waals surface area contributed by atoms with Crippen molar-refractivity contribution in [3.05, 3.63) is 53.6 Å². The van der Waals surface area contributed by atoms with Gasteiger partial charge in [-0.25, -0.2) is 0 Å². The fraction of sp³-hybridized carbons (Fsp3) is 0.400. The standard InChI is InChI=1S/C20H24O3/c1-2-3-4-5-6-7-8-9-14-17(21)18-19(22)15-12-10-11-13-16(15)20(18)23/h2,10-13,22H,1,3-9,14H2. The van der Waals surface area contributed by atoms with Crippen LogP contribution in [0.1, 0.15) is 67.3 Å². The van der Waals surface area contributed by atoms with Gasteiger partial charge in [0.25, 0.3) is 0 Å². The number of fused-ring (bicyclic) bond motifs is 1. The minimum atomic E-state index is -0.340. The van der Waals surface area contributed by atoms with Gasteiger partial charge in [0.05, 0.1) is 0 Å². The van der Waals surface area contributed by atoms with E-state index >= 15 is 0 Å². The lowest BCUT2D eigenvalue weighted by atomic mass is 10.0. The molecule has 0 atom stereocenters. The Morgan fingerprint density at radius 1 is 1.00 bits per heavy atom. The molecule has 0 saturated heterocycles. The van der Waals surface area contributed by atoms with Gasteiger partial charge < -0.3 is 5.11 Å². The Morgan fingerprint density at radius 2 is 1.61 bits per heavy atom. The molecule has 0 bridgehead atoms. The summed E-state index contributed by atoms with van der Waals surface area (Å²) in [6.07, 6.45) is 9.71. The molecule has 1 aliphatic rings. The van der Waals surface area contributed by atoms with Gasteiger partial charge >= 0.3 is 0 Å². The van der Waals surface area contributed by atoms with Crippen LogP contribution in [0.25, 0.3) is 5.76 Å². The third kappa shape index (κ3) is 4.19. The summed E-state index contributed by atoms with van der Waals surface area (Å²) in [5.41, 5.74) is 0.871. The van der Waals surface area contributed by atoms with Crippen molar-refractivity contribution >= 4 is 17.3 Å². The van der Waals surface area contributed by atoms with Gasteiger partial charge in [-0.3, -0.25) is 9.59 Å². The first-order chi connectivity index (χ1) is 11.2. The van der Waals surface area contributed by atoms with E-state index in [4.69, 9.17) is 0 Å². The van der Waals surface area contributed by atoms with Crippen molar-refractivity contribution < 1.29 is 14.7 Å². The van der Waals surface area contributed by atoms with Crippen LogP contribution in [0.3, 0.4) is 0 Å². The number of aliphatic hydroxyl groups is 1. The maximum atomic E-state index is 12.3. The van der Waals surface area contributed by atoms with E-state index in [-0.39, 0.29) is 22.9 Å². The third-order valence-electron chi connectivity index (χ3n) is 4.23. The molecule has 1 aliphatic carbocycles. The number of carbonyl (C=O) groups excluding carboxylic acids is 2. The van der Waals surface area contributed by atoms with Crippen LogP contribution < -0.4 is 0 Å². The summed E-state index contributed by atoms with van der Waals surface area (Å²) in [5.74, 6) is -0.733. The van der Waals surface area contributed by atoms with Crippen molar-refractivity contribution in [1.29, 1.82) is 0 Å². The van der Waals surface area contributed by atoms with Crippen LogP contribution in [0.5, 0.6) is 0 Å². The summed E-state index contributed by atoms with van der Waals surface area (Å²) in [6, 6.07) is 6.81. The Bertz CT molecular complexity index is 626. The fourth-order valence-electron chi connectivity index (χ4n) is 2.93. The number of unbranched alkanes of at least 4 members (excludes halogenated alkanes) is 6. The van der Waals surface area contributed by atoms with Crippen LogP contribution in [0.15, 0.2) is 42.5 Å². The predicted octanol–water partition coefficient (Wildman–Crippen LogP) is 5.03. The third-order valence-corrected chi connectivity index (χ3v) is 4.23. The summed E-state index contributed by atoms with van der Waals surface area (Å²) >= 11 is 0. The van der Waals surface area contributed by atoms with Crippen LogP contribution >= 0.6 is 0 Å². The second-order valence-electron chi connectivity index (χ2n) is 5.97. The topological polar surface area (TPSA) is 54.4 Å². The zero-order valence-corrected chi connectivity index (χ0v) is 13.5. The number of hydrogen-bond donors (Lipinski definition) is 1. The number of rotatable bonds is 10. The molecule has 1 aromatic carbocycles. The molecule has 2 rings (SSSR count). The number of allylic oxidation sites excluding steroid dienone is 2. The van der Waals surface area contributed by atoms with E-state index in [1.54, 1.807) is 24.3 Å². The van der Waals surface area contributed by atoms with Gasteiger partial charge in [-0.05, 0) is 19.3 Å². The average molecular weight is 312 g/mol. The highest BCUT2D eigenvalue weighted by Gasteiger charge is 2.33. The molecule has 0 aliphatic heterocycles. The van der Waals surface area contributed by atoms with Crippen LogP contribution in [0, 0.1) is 0 Å². The van der Waals surface area contributed by atoms with Gasteiger partial charge in [0.2, 0.25) is 5.78 Å². The molecule has 1 N–H and O–H groups in total. The molecule has 3 heteroatoms. The van der Waals surface area contributed by atoms with Gasteiger partial charge in [0.15, 0.2) is 5.78 Å². The molecular weight excluding hydrogens is 288 g/mol. The average Bonchev–Trinajstić information content (AvgIpc) is 2.82. The molecule has 0 saturated carbocycles. The van der Waals surface area contributed by atoms with E-state index in [2.05, 4.69) is 6.58 Å². The first-order valence-corrected chi connectivity index (χ1v) is 8.38. The molecule has 1 aromatic rings. The second kappa shape index (κ2) is 8.47. The maximum Gasteiger partial charge on any atom is 0.201 e. The van der Waals surface area contributed by atoms with Crippen LogP contribution in [0.4, 0.5) is 0 Å². The Kier molecular flexibility index (Phi) is 6.33. The molecule has 3 nitrogen and oxygen atoms in total. The Balaban J connectivity index is 1.78. The zero-order chi connectivity index (χ0) is 16.7. The summed E-state index contributed by atoms with van der Waals surface area (Å²) in [6.45, 7) is 3.70. The van der Waals surface area contributed by atoms with Crippen molar-refractivity contribution in [2.45, 2.75) is 51.4 Å². The molecule has 23 heavy (non-hydrogen) atoms. The van der Waals surface area contributed by atoms with Crippen molar-refractivity contribution in [1.82, 2.24) is 0 Å². The van der Waals surface area contributed by atoms with Crippen molar-refractivity contribution in [2.24, 2.45) is 0 Å². The van der Waals surface area contributed by atoms with Crippen LogP contribution in [-0.4, -0.2) is 16.7 Å². The van der Waals surface area contributed by atoms with E-state index in [1.807, 2.05) is 6.08 Å². The highest BCUT2D eigenvalue weighted by atomic mass is 16.3. The van der Waals surface area contributed by atoms with Crippen LogP contribution in [0.2, 0.25) is 0 Å². The van der Waals surface area contributed by atoms with Gasteiger partial charge in [-0.1, -0.05) is 56.0 Å². The largest absolute Gasteiger partial charge is 0.506 e. The minimum Gasteiger partial charge on any atom is -0.506 e. The van der Waals surface area contributed by atoms with Gasteiger partial charge in [0.1, 0.15) is 11.3 Å². The summed E-state index contributed by atoms with van der Waals surface area (Å²) in [7, 11) is 0. The number of benzene rings is 1. The molecule has 0 heterocycles. The molecule has 0 spiro atoms. The molecule has 0 unspecified atom stereocenters. The lowest BCUT2D eigenvalue weighted by Gasteiger charge is -2.03. The smallest absolute Gasteiger partial charge is 0.201 e. The lowest BCUT2D eigenvalue weighted by molar-refractivity contribution is -0.115. The first-order valence-electron chi connectivity index (χ1n) is 8.38. The summed E-state index contributed by atoms with van der Waals surface area (Å²) < 4.78 is 0. The quantitative estimate of drug-likeness (QED) is 0.374. The number of carbonyl (C=O) groups is 2. The monoisotopic (exact) mass is 312 g/mol. The van der Waals surface area contributed by atoms with Gasteiger partial charge in [-0.2, -0.15) is 0 Å². The maximum absolute atomic E-state index is 12.3. The van der Waals surface area contributed by atoms with Gasteiger partial charge in [0, 0.05) is 17.5 Å². The molecule has 122 valence electrons. The second-order valence-corrected chi connectivity index (χ2v) is 5.97. The van der Waals surface area contributed by atoms with E-state index in [0.717, 1.165) is 25.7 Å². The Hall–Kier alpha value is -2.16. The normalized spacial score (nSPS) is 13.3.